The Morgan fingerprint density at radius 3 is 2.23 bits per heavy atom. The van der Waals surface area contributed by atoms with E-state index in [0.717, 1.165) is 12.1 Å². The number of benzene rings is 3. The molecule has 3 aromatic carbocycles. The summed E-state index contributed by atoms with van der Waals surface area (Å²) in [5.41, 5.74) is -0.540. The molecule has 1 N–H and O–H groups in total. The Bertz CT molecular complexity index is 1350. The molecular weight excluding hydrogens is 493 g/mol. The quantitative estimate of drug-likeness (QED) is 0.297. The van der Waals surface area contributed by atoms with Crippen molar-refractivity contribution in [2.75, 3.05) is 5.32 Å². The first-order chi connectivity index (χ1) is 16.6. The van der Waals surface area contributed by atoms with E-state index < -0.39 is 29.3 Å². The Labute approximate surface area is 200 Å². The van der Waals surface area contributed by atoms with Gasteiger partial charge in [-0.2, -0.15) is 18.3 Å². The molecule has 1 heterocycles. The van der Waals surface area contributed by atoms with Gasteiger partial charge in [0.2, 0.25) is 0 Å². The summed E-state index contributed by atoms with van der Waals surface area (Å²) in [6.07, 6.45) is -3.28. The highest BCUT2D eigenvalue weighted by molar-refractivity contribution is 6.34. The fourth-order valence-electron chi connectivity index (χ4n) is 3.07. The molecule has 1 aromatic heterocycles. The number of hydrogen-bond donors (Lipinski definition) is 1. The van der Waals surface area contributed by atoms with Gasteiger partial charge in [-0.1, -0.05) is 23.7 Å². The fraction of sp³-hybridized carbons (Fsp3) is 0.0833. The van der Waals surface area contributed by atoms with Crippen molar-refractivity contribution in [3.63, 3.8) is 0 Å². The van der Waals surface area contributed by atoms with Crippen molar-refractivity contribution in [2.45, 2.75) is 12.8 Å². The second-order valence-corrected chi connectivity index (χ2v) is 7.73. The monoisotopic (exact) mass is 507 g/mol. The molecule has 0 spiro atoms. The summed E-state index contributed by atoms with van der Waals surface area (Å²) >= 11 is 5.98. The molecule has 11 heteroatoms. The zero-order valence-corrected chi connectivity index (χ0v) is 18.4. The molecule has 0 saturated carbocycles. The number of aromatic nitrogens is 2. The van der Waals surface area contributed by atoms with Crippen LogP contribution in [-0.2, 0) is 12.8 Å². The molecule has 0 aliphatic heterocycles. The molecule has 0 saturated heterocycles. The number of carbonyl (C=O) groups excluding carboxylic acids is 1. The van der Waals surface area contributed by atoms with Crippen molar-refractivity contribution >= 4 is 23.2 Å². The summed E-state index contributed by atoms with van der Waals surface area (Å²) in [5, 5.41) is 6.38. The van der Waals surface area contributed by atoms with E-state index in [0.29, 0.717) is 17.3 Å². The van der Waals surface area contributed by atoms with Crippen LogP contribution in [0.1, 0.15) is 21.6 Å². The molecule has 4 rings (SSSR count). The molecule has 1 amide bonds. The van der Waals surface area contributed by atoms with E-state index in [1.54, 1.807) is 0 Å². The number of hydrogen-bond acceptors (Lipinski definition) is 3. The second-order valence-electron chi connectivity index (χ2n) is 7.32. The maximum atomic E-state index is 13.3. The third-order valence-corrected chi connectivity index (χ3v) is 5.17. The molecule has 0 atom stereocenters. The van der Waals surface area contributed by atoms with Crippen LogP contribution in [0, 0.1) is 11.6 Å². The Morgan fingerprint density at radius 2 is 1.60 bits per heavy atom. The van der Waals surface area contributed by atoms with Crippen molar-refractivity contribution in [2.24, 2.45) is 0 Å². The molecular formula is C24H15ClF5N3O2. The maximum absolute atomic E-state index is 13.3. The number of alkyl halides is 3. The van der Waals surface area contributed by atoms with Crippen molar-refractivity contribution in [3.05, 3.63) is 106 Å². The average Bonchev–Trinajstić information content (AvgIpc) is 3.24. The number of rotatable bonds is 6. The van der Waals surface area contributed by atoms with Gasteiger partial charge >= 0.3 is 6.18 Å². The van der Waals surface area contributed by atoms with Gasteiger partial charge in [0, 0.05) is 0 Å². The van der Waals surface area contributed by atoms with E-state index in [-0.39, 0.29) is 28.8 Å². The fourth-order valence-corrected chi connectivity index (χ4v) is 3.23. The van der Waals surface area contributed by atoms with E-state index in [4.69, 9.17) is 16.3 Å². The minimum atomic E-state index is -4.64. The van der Waals surface area contributed by atoms with Crippen LogP contribution in [0.4, 0.5) is 27.6 Å². The van der Waals surface area contributed by atoms with Gasteiger partial charge in [0.1, 0.15) is 18.2 Å². The van der Waals surface area contributed by atoms with Crippen LogP contribution >= 0.6 is 11.6 Å². The first kappa shape index (κ1) is 24.2. The highest BCUT2D eigenvalue weighted by Crippen LogP contribution is 2.34. The summed E-state index contributed by atoms with van der Waals surface area (Å²) < 4.78 is 72.7. The van der Waals surface area contributed by atoms with Gasteiger partial charge in [-0.25, -0.2) is 13.5 Å². The summed E-state index contributed by atoms with van der Waals surface area (Å²) in [6.45, 7) is -0.0556. The molecule has 4 aromatic rings. The van der Waals surface area contributed by atoms with E-state index in [1.165, 1.54) is 59.4 Å². The molecule has 180 valence electrons. The number of anilines is 1. The highest BCUT2D eigenvalue weighted by atomic mass is 35.5. The lowest BCUT2D eigenvalue weighted by Gasteiger charge is -2.11. The maximum Gasteiger partial charge on any atom is 0.416 e. The Morgan fingerprint density at radius 1 is 0.971 bits per heavy atom. The molecule has 0 bridgehead atoms. The molecule has 0 radical (unpaired) electrons. The third kappa shape index (κ3) is 5.78. The summed E-state index contributed by atoms with van der Waals surface area (Å²) in [4.78, 5) is 13.0. The molecule has 0 aliphatic carbocycles. The minimum Gasteiger partial charge on any atom is -0.485 e. The lowest BCUT2D eigenvalue weighted by atomic mass is 10.2. The van der Waals surface area contributed by atoms with Gasteiger partial charge in [-0.15, -0.1) is 0 Å². The van der Waals surface area contributed by atoms with Crippen molar-refractivity contribution in [1.82, 2.24) is 9.78 Å². The molecule has 5 nitrogen and oxygen atoms in total. The smallest absolute Gasteiger partial charge is 0.416 e. The second kappa shape index (κ2) is 9.75. The minimum absolute atomic E-state index is 0.0146. The van der Waals surface area contributed by atoms with Crippen LogP contribution in [0.3, 0.4) is 0 Å². The zero-order valence-electron chi connectivity index (χ0n) is 17.6. The predicted molar refractivity (Wildman–Crippen MR) is 119 cm³/mol. The summed E-state index contributed by atoms with van der Waals surface area (Å²) in [5.74, 6) is -1.82. The van der Waals surface area contributed by atoms with Gasteiger partial charge in [-0.3, -0.25) is 4.79 Å². The molecule has 0 unspecified atom stereocenters. The number of carbonyl (C=O) groups is 1. The van der Waals surface area contributed by atoms with Crippen molar-refractivity contribution in [3.8, 4) is 11.4 Å². The van der Waals surface area contributed by atoms with Crippen LogP contribution in [0.5, 0.6) is 5.75 Å². The van der Waals surface area contributed by atoms with Crippen LogP contribution in [-0.4, -0.2) is 15.7 Å². The van der Waals surface area contributed by atoms with Gasteiger partial charge < -0.3 is 10.1 Å². The summed E-state index contributed by atoms with van der Waals surface area (Å²) in [7, 11) is 0. The average molecular weight is 508 g/mol. The van der Waals surface area contributed by atoms with Gasteiger partial charge in [0.25, 0.3) is 5.91 Å². The van der Waals surface area contributed by atoms with Crippen LogP contribution in [0.25, 0.3) is 5.69 Å². The highest BCUT2D eigenvalue weighted by Gasteiger charge is 2.31. The van der Waals surface area contributed by atoms with Gasteiger partial charge in [0.15, 0.2) is 11.4 Å². The van der Waals surface area contributed by atoms with E-state index in [1.807, 2.05) is 0 Å². The molecule has 0 fully saturated rings. The number of ether oxygens (including phenoxy) is 1. The van der Waals surface area contributed by atoms with Crippen LogP contribution in [0.15, 0.2) is 72.9 Å². The number of amides is 1. The van der Waals surface area contributed by atoms with E-state index in [9.17, 15) is 26.7 Å². The first-order valence-corrected chi connectivity index (χ1v) is 10.4. The predicted octanol–water partition coefficient (Wildman–Crippen LogP) is 6.65. The SMILES string of the molecule is O=C(Nc1cc(C(F)(F)F)ccc1Cl)c1nn(-c2ccc(F)cc2)cc1OCc1ccc(F)cc1. The third-order valence-electron chi connectivity index (χ3n) is 4.84. The standard InChI is InChI=1S/C24H15ClF5N3O2/c25-19-10-3-15(24(28,29)30)11-20(19)31-23(34)22-21(35-13-14-1-4-16(26)5-2-14)12-33(32-22)18-8-6-17(27)7-9-18/h1-12H,13H2,(H,31,34). The van der Waals surface area contributed by atoms with E-state index in [2.05, 4.69) is 10.4 Å². The van der Waals surface area contributed by atoms with Gasteiger partial charge in [0.05, 0.1) is 28.2 Å². The van der Waals surface area contributed by atoms with Gasteiger partial charge in [-0.05, 0) is 60.2 Å². The largest absolute Gasteiger partial charge is 0.485 e. The number of nitrogens with one attached hydrogen (secondary N) is 1. The lowest BCUT2D eigenvalue weighted by Crippen LogP contribution is -2.16. The van der Waals surface area contributed by atoms with Crippen LogP contribution < -0.4 is 10.1 Å². The van der Waals surface area contributed by atoms with E-state index >= 15 is 0 Å². The van der Waals surface area contributed by atoms with Crippen molar-refractivity contribution < 1.29 is 31.5 Å². The number of halogens is 6. The Kier molecular flexibility index (Phi) is 6.74. The molecule has 0 aliphatic rings. The number of nitrogens with zero attached hydrogens (tertiary/aromatic N) is 2. The summed E-state index contributed by atoms with van der Waals surface area (Å²) in [6, 6.07) is 13.2. The molecule has 35 heavy (non-hydrogen) atoms. The topological polar surface area (TPSA) is 56.2 Å². The Hall–Kier alpha value is -3.92. The zero-order chi connectivity index (χ0) is 25.2. The van der Waals surface area contributed by atoms with Crippen LogP contribution in [0.2, 0.25) is 5.02 Å². The normalized spacial score (nSPS) is 11.4. The lowest BCUT2D eigenvalue weighted by molar-refractivity contribution is -0.137. The first-order valence-electron chi connectivity index (χ1n) is 10.0. The Balaban J connectivity index is 1.65. The van der Waals surface area contributed by atoms with Crippen molar-refractivity contribution in [1.29, 1.82) is 0 Å².